The van der Waals surface area contributed by atoms with Crippen LogP contribution in [0.5, 0.6) is 0 Å². The van der Waals surface area contributed by atoms with Crippen LogP contribution in [-0.4, -0.2) is 30.4 Å². The fraction of sp³-hybridized carbons (Fsp3) is 0.800. The molecule has 2 amide bonds. The molecule has 0 heterocycles. The van der Waals surface area contributed by atoms with Crippen LogP contribution in [0.25, 0.3) is 0 Å². The predicted molar refractivity (Wildman–Crippen MR) is 59.2 cm³/mol. The van der Waals surface area contributed by atoms with Gasteiger partial charge in [0, 0.05) is 12.0 Å². The fourth-order valence-corrected chi connectivity index (χ4v) is 1.05. The molecule has 0 spiro atoms. The predicted octanol–water partition coefficient (Wildman–Crippen LogP) is -0.244. The first-order valence-electron chi connectivity index (χ1n) is 5.11. The highest BCUT2D eigenvalue weighted by Crippen LogP contribution is 1.97. The van der Waals surface area contributed by atoms with Crippen molar-refractivity contribution in [1.82, 2.24) is 10.6 Å². The molecule has 0 aliphatic heterocycles. The van der Waals surface area contributed by atoms with Crippen LogP contribution in [-0.2, 0) is 9.59 Å². The molecule has 0 aromatic rings. The Morgan fingerprint density at radius 1 is 1.27 bits per heavy atom. The molecular weight excluding hydrogens is 194 g/mol. The SMILES string of the molecule is CC(C)(C)NC(=O)CNCCCC(N)=O. The van der Waals surface area contributed by atoms with Crippen LogP contribution in [0.3, 0.4) is 0 Å². The molecule has 0 bridgehead atoms. The first-order valence-corrected chi connectivity index (χ1v) is 5.11. The van der Waals surface area contributed by atoms with Crippen LogP contribution >= 0.6 is 0 Å². The van der Waals surface area contributed by atoms with Gasteiger partial charge in [0.15, 0.2) is 0 Å². The highest BCUT2D eigenvalue weighted by molar-refractivity contribution is 5.78. The van der Waals surface area contributed by atoms with Gasteiger partial charge in [0.2, 0.25) is 11.8 Å². The van der Waals surface area contributed by atoms with E-state index >= 15 is 0 Å². The van der Waals surface area contributed by atoms with Crippen LogP contribution < -0.4 is 16.4 Å². The molecule has 0 fully saturated rings. The summed E-state index contributed by atoms with van der Waals surface area (Å²) < 4.78 is 0. The van der Waals surface area contributed by atoms with E-state index in [4.69, 9.17) is 5.73 Å². The third-order valence-electron chi connectivity index (χ3n) is 1.58. The maximum absolute atomic E-state index is 11.3. The molecule has 0 atom stereocenters. The van der Waals surface area contributed by atoms with Gasteiger partial charge in [-0.15, -0.1) is 0 Å². The summed E-state index contributed by atoms with van der Waals surface area (Å²) in [7, 11) is 0. The van der Waals surface area contributed by atoms with Crippen molar-refractivity contribution in [2.24, 2.45) is 5.73 Å². The highest BCUT2D eigenvalue weighted by atomic mass is 16.2. The quantitative estimate of drug-likeness (QED) is 0.534. The molecule has 0 radical (unpaired) electrons. The Balaban J connectivity index is 3.44. The van der Waals surface area contributed by atoms with Gasteiger partial charge >= 0.3 is 0 Å². The average Bonchev–Trinajstić information content (AvgIpc) is 1.99. The minimum atomic E-state index is -0.309. The Labute approximate surface area is 90.8 Å². The summed E-state index contributed by atoms with van der Waals surface area (Å²) >= 11 is 0. The maximum atomic E-state index is 11.3. The molecule has 88 valence electrons. The van der Waals surface area contributed by atoms with Crippen molar-refractivity contribution in [2.45, 2.75) is 39.2 Å². The van der Waals surface area contributed by atoms with E-state index in [1.54, 1.807) is 0 Å². The Morgan fingerprint density at radius 3 is 2.33 bits per heavy atom. The normalized spacial score (nSPS) is 11.1. The van der Waals surface area contributed by atoms with Gasteiger partial charge in [0.05, 0.1) is 6.54 Å². The van der Waals surface area contributed by atoms with Crippen LogP contribution in [0.4, 0.5) is 0 Å². The van der Waals surface area contributed by atoms with Crippen molar-refractivity contribution < 1.29 is 9.59 Å². The molecular formula is C10H21N3O2. The molecule has 0 saturated heterocycles. The zero-order valence-corrected chi connectivity index (χ0v) is 9.72. The smallest absolute Gasteiger partial charge is 0.234 e. The largest absolute Gasteiger partial charge is 0.370 e. The van der Waals surface area contributed by atoms with Gasteiger partial charge in [-0.25, -0.2) is 0 Å². The molecule has 0 rings (SSSR count). The lowest BCUT2D eigenvalue weighted by Gasteiger charge is -2.20. The van der Waals surface area contributed by atoms with E-state index in [1.807, 2.05) is 20.8 Å². The van der Waals surface area contributed by atoms with Gasteiger partial charge in [0.1, 0.15) is 0 Å². The minimum absolute atomic E-state index is 0.0402. The number of primary amides is 1. The van der Waals surface area contributed by atoms with E-state index in [0.717, 1.165) is 0 Å². The Morgan fingerprint density at radius 2 is 1.87 bits per heavy atom. The number of rotatable bonds is 6. The van der Waals surface area contributed by atoms with E-state index in [-0.39, 0.29) is 23.9 Å². The van der Waals surface area contributed by atoms with Crippen molar-refractivity contribution in [3.05, 3.63) is 0 Å². The monoisotopic (exact) mass is 215 g/mol. The minimum Gasteiger partial charge on any atom is -0.370 e. The summed E-state index contributed by atoms with van der Waals surface area (Å²) in [6.07, 6.45) is 1.02. The summed E-state index contributed by atoms with van der Waals surface area (Å²) in [6.45, 7) is 6.69. The number of nitrogens with one attached hydrogen (secondary N) is 2. The molecule has 0 aromatic carbocycles. The summed E-state index contributed by atoms with van der Waals surface area (Å²) in [5.74, 6) is -0.350. The standard InChI is InChI=1S/C10H21N3O2/c1-10(2,3)13-9(15)7-12-6-4-5-8(11)14/h12H,4-7H2,1-3H3,(H2,11,14)(H,13,15). The van der Waals surface area contributed by atoms with E-state index in [1.165, 1.54) is 0 Å². The van der Waals surface area contributed by atoms with Crippen molar-refractivity contribution in [1.29, 1.82) is 0 Å². The maximum Gasteiger partial charge on any atom is 0.234 e. The lowest BCUT2D eigenvalue weighted by molar-refractivity contribution is -0.121. The van der Waals surface area contributed by atoms with Gasteiger partial charge in [-0.1, -0.05) is 0 Å². The number of hydrogen-bond acceptors (Lipinski definition) is 3. The van der Waals surface area contributed by atoms with E-state index in [9.17, 15) is 9.59 Å². The lowest BCUT2D eigenvalue weighted by atomic mass is 10.1. The van der Waals surface area contributed by atoms with Crippen LogP contribution in [0.15, 0.2) is 0 Å². The molecule has 0 aliphatic rings. The summed E-state index contributed by atoms with van der Waals surface area (Å²) in [6, 6.07) is 0. The van der Waals surface area contributed by atoms with Gasteiger partial charge in [-0.2, -0.15) is 0 Å². The zero-order valence-electron chi connectivity index (χ0n) is 9.72. The van der Waals surface area contributed by atoms with Crippen molar-refractivity contribution in [3.63, 3.8) is 0 Å². The van der Waals surface area contributed by atoms with E-state index < -0.39 is 0 Å². The van der Waals surface area contributed by atoms with Gasteiger partial charge in [-0.05, 0) is 33.7 Å². The highest BCUT2D eigenvalue weighted by Gasteiger charge is 2.12. The summed E-state index contributed by atoms with van der Waals surface area (Å²) in [5.41, 5.74) is 4.77. The second kappa shape index (κ2) is 6.40. The Kier molecular flexibility index (Phi) is 5.93. The molecule has 5 nitrogen and oxygen atoms in total. The molecule has 15 heavy (non-hydrogen) atoms. The van der Waals surface area contributed by atoms with E-state index in [2.05, 4.69) is 10.6 Å². The van der Waals surface area contributed by atoms with Gasteiger partial charge in [0.25, 0.3) is 0 Å². The zero-order chi connectivity index (χ0) is 11.9. The number of hydrogen-bond donors (Lipinski definition) is 3. The second-order valence-electron chi connectivity index (χ2n) is 4.54. The van der Waals surface area contributed by atoms with Crippen LogP contribution in [0.2, 0.25) is 0 Å². The molecule has 0 aromatic heterocycles. The third kappa shape index (κ3) is 10.8. The number of amides is 2. The molecule has 0 aliphatic carbocycles. The molecule has 4 N–H and O–H groups in total. The fourth-order valence-electron chi connectivity index (χ4n) is 1.05. The lowest BCUT2D eigenvalue weighted by Crippen LogP contribution is -2.45. The van der Waals surface area contributed by atoms with Crippen molar-refractivity contribution in [3.8, 4) is 0 Å². The number of carbonyl (C=O) groups is 2. The van der Waals surface area contributed by atoms with Crippen LogP contribution in [0, 0.1) is 0 Å². The Hall–Kier alpha value is -1.10. The average molecular weight is 215 g/mol. The molecule has 5 heteroatoms. The van der Waals surface area contributed by atoms with Crippen molar-refractivity contribution in [2.75, 3.05) is 13.1 Å². The van der Waals surface area contributed by atoms with Crippen molar-refractivity contribution >= 4 is 11.8 Å². The molecule has 0 unspecified atom stereocenters. The van der Waals surface area contributed by atoms with Gasteiger partial charge in [-0.3, -0.25) is 9.59 Å². The summed E-state index contributed by atoms with van der Waals surface area (Å²) in [4.78, 5) is 21.7. The first kappa shape index (κ1) is 13.9. The van der Waals surface area contributed by atoms with Crippen LogP contribution in [0.1, 0.15) is 33.6 Å². The summed E-state index contributed by atoms with van der Waals surface area (Å²) in [5, 5.41) is 5.77. The topological polar surface area (TPSA) is 84.2 Å². The Bertz CT molecular complexity index is 221. The number of nitrogens with two attached hydrogens (primary N) is 1. The second-order valence-corrected chi connectivity index (χ2v) is 4.54. The molecule has 0 saturated carbocycles. The first-order chi connectivity index (χ1) is 6.81. The van der Waals surface area contributed by atoms with E-state index in [0.29, 0.717) is 19.4 Å². The number of carbonyl (C=O) groups excluding carboxylic acids is 2. The van der Waals surface area contributed by atoms with Gasteiger partial charge < -0.3 is 16.4 Å². The third-order valence-corrected chi connectivity index (χ3v) is 1.58.